The van der Waals surface area contributed by atoms with Crippen LogP contribution in [0.2, 0.25) is 0 Å². The molecule has 3 nitrogen and oxygen atoms in total. The molecule has 0 aliphatic rings. The SMILES string of the molecule is C=C(C)C(=O)OC(=O)c1ccccc1. The van der Waals surface area contributed by atoms with Gasteiger partial charge in [-0.3, -0.25) is 0 Å². The molecule has 0 aliphatic carbocycles. The van der Waals surface area contributed by atoms with Crippen LogP contribution in [-0.2, 0) is 9.53 Å². The van der Waals surface area contributed by atoms with Crippen molar-refractivity contribution in [1.82, 2.24) is 0 Å². The van der Waals surface area contributed by atoms with E-state index < -0.39 is 11.9 Å². The molecule has 0 amide bonds. The molecule has 0 atom stereocenters. The van der Waals surface area contributed by atoms with E-state index in [0.717, 1.165) is 0 Å². The van der Waals surface area contributed by atoms with E-state index in [1.54, 1.807) is 30.3 Å². The Kier molecular flexibility index (Phi) is 3.18. The Morgan fingerprint density at radius 2 is 1.79 bits per heavy atom. The Balaban J connectivity index is 2.69. The normalized spacial score (nSPS) is 9.21. The number of rotatable bonds is 2. The molecule has 0 heterocycles. The second-order valence-corrected chi connectivity index (χ2v) is 2.82. The molecular formula is C11H10O3. The summed E-state index contributed by atoms with van der Waals surface area (Å²) in [5, 5.41) is 0. The summed E-state index contributed by atoms with van der Waals surface area (Å²) < 4.78 is 4.52. The van der Waals surface area contributed by atoms with Gasteiger partial charge < -0.3 is 4.74 Å². The van der Waals surface area contributed by atoms with Crippen LogP contribution in [0.5, 0.6) is 0 Å². The summed E-state index contributed by atoms with van der Waals surface area (Å²) in [5.41, 5.74) is 0.552. The molecule has 0 saturated heterocycles. The highest BCUT2D eigenvalue weighted by molar-refractivity contribution is 6.01. The van der Waals surface area contributed by atoms with Crippen molar-refractivity contribution in [3.05, 3.63) is 48.0 Å². The van der Waals surface area contributed by atoms with Crippen molar-refractivity contribution in [2.75, 3.05) is 0 Å². The van der Waals surface area contributed by atoms with E-state index in [1.165, 1.54) is 6.92 Å². The van der Waals surface area contributed by atoms with Gasteiger partial charge in [0, 0.05) is 5.57 Å². The molecule has 3 heteroatoms. The van der Waals surface area contributed by atoms with Gasteiger partial charge in [-0.15, -0.1) is 0 Å². The largest absolute Gasteiger partial charge is 0.386 e. The first-order chi connectivity index (χ1) is 6.61. The third kappa shape index (κ3) is 2.55. The van der Waals surface area contributed by atoms with Crippen molar-refractivity contribution in [1.29, 1.82) is 0 Å². The molecule has 0 spiro atoms. The van der Waals surface area contributed by atoms with Crippen LogP contribution in [0, 0.1) is 0 Å². The van der Waals surface area contributed by atoms with Crippen molar-refractivity contribution in [3.8, 4) is 0 Å². The summed E-state index contributed by atoms with van der Waals surface area (Å²) >= 11 is 0. The monoisotopic (exact) mass is 190 g/mol. The summed E-state index contributed by atoms with van der Waals surface area (Å²) in [6.45, 7) is 4.86. The van der Waals surface area contributed by atoms with Gasteiger partial charge in [0.2, 0.25) is 0 Å². The second-order valence-electron chi connectivity index (χ2n) is 2.82. The van der Waals surface area contributed by atoms with Crippen LogP contribution >= 0.6 is 0 Å². The zero-order valence-corrected chi connectivity index (χ0v) is 7.82. The molecule has 1 aromatic rings. The molecule has 0 unspecified atom stereocenters. The number of hydrogen-bond acceptors (Lipinski definition) is 3. The lowest BCUT2D eigenvalue weighted by Gasteiger charge is -2.01. The molecule has 1 aromatic carbocycles. The van der Waals surface area contributed by atoms with E-state index in [1.807, 2.05) is 0 Å². The molecule has 0 radical (unpaired) electrons. The quantitative estimate of drug-likeness (QED) is 0.406. The minimum absolute atomic E-state index is 0.203. The molecule has 0 saturated carbocycles. The number of carbonyl (C=O) groups excluding carboxylic acids is 2. The van der Waals surface area contributed by atoms with Gasteiger partial charge in [-0.2, -0.15) is 0 Å². The fraction of sp³-hybridized carbons (Fsp3) is 0.0909. The Labute approximate surface area is 82.0 Å². The first-order valence-corrected chi connectivity index (χ1v) is 4.08. The Morgan fingerprint density at radius 1 is 1.21 bits per heavy atom. The first kappa shape index (κ1) is 10.2. The van der Waals surface area contributed by atoms with Gasteiger partial charge in [-0.05, 0) is 19.1 Å². The van der Waals surface area contributed by atoms with E-state index in [4.69, 9.17) is 0 Å². The highest BCUT2D eigenvalue weighted by Crippen LogP contribution is 2.03. The number of esters is 2. The van der Waals surface area contributed by atoms with Crippen molar-refractivity contribution < 1.29 is 14.3 Å². The lowest BCUT2D eigenvalue weighted by molar-refractivity contribution is -0.133. The topological polar surface area (TPSA) is 43.4 Å². The summed E-state index contributed by atoms with van der Waals surface area (Å²) in [4.78, 5) is 22.3. The van der Waals surface area contributed by atoms with Gasteiger partial charge in [0.25, 0.3) is 0 Å². The van der Waals surface area contributed by atoms with Gasteiger partial charge in [-0.1, -0.05) is 24.8 Å². The maximum absolute atomic E-state index is 11.3. The molecule has 14 heavy (non-hydrogen) atoms. The Bertz CT molecular complexity index is 365. The number of benzene rings is 1. The molecular weight excluding hydrogens is 180 g/mol. The standard InChI is InChI=1S/C11H10O3/c1-8(2)10(12)14-11(13)9-6-4-3-5-7-9/h3-7H,1H2,2H3. The molecule has 1 rings (SSSR count). The van der Waals surface area contributed by atoms with Crippen molar-refractivity contribution in [3.63, 3.8) is 0 Å². The van der Waals surface area contributed by atoms with Gasteiger partial charge in [0.1, 0.15) is 0 Å². The number of hydrogen-bond donors (Lipinski definition) is 0. The minimum atomic E-state index is -0.696. The maximum Gasteiger partial charge on any atom is 0.346 e. The fourth-order valence-electron chi connectivity index (χ4n) is 0.804. The van der Waals surface area contributed by atoms with E-state index in [-0.39, 0.29) is 5.57 Å². The summed E-state index contributed by atoms with van der Waals surface area (Å²) in [7, 11) is 0. The van der Waals surface area contributed by atoms with Crippen LogP contribution in [0.1, 0.15) is 17.3 Å². The van der Waals surface area contributed by atoms with E-state index >= 15 is 0 Å². The zero-order chi connectivity index (χ0) is 10.6. The van der Waals surface area contributed by atoms with Gasteiger partial charge in [0.05, 0.1) is 5.56 Å². The summed E-state index contributed by atoms with van der Waals surface area (Å²) in [6, 6.07) is 8.32. The van der Waals surface area contributed by atoms with Crippen LogP contribution in [-0.4, -0.2) is 11.9 Å². The Morgan fingerprint density at radius 3 is 2.29 bits per heavy atom. The fourth-order valence-corrected chi connectivity index (χ4v) is 0.804. The maximum atomic E-state index is 11.3. The predicted molar refractivity (Wildman–Crippen MR) is 51.7 cm³/mol. The smallest absolute Gasteiger partial charge is 0.346 e. The average molecular weight is 190 g/mol. The lowest BCUT2D eigenvalue weighted by atomic mass is 10.2. The molecule has 0 aliphatic heterocycles. The average Bonchev–Trinajstić information content (AvgIpc) is 2.19. The van der Waals surface area contributed by atoms with E-state index in [2.05, 4.69) is 11.3 Å². The van der Waals surface area contributed by atoms with Crippen LogP contribution in [0.25, 0.3) is 0 Å². The Hall–Kier alpha value is -1.90. The second kappa shape index (κ2) is 4.37. The van der Waals surface area contributed by atoms with Crippen molar-refractivity contribution in [2.45, 2.75) is 6.92 Å². The molecule has 72 valence electrons. The van der Waals surface area contributed by atoms with Crippen LogP contribution in [0.3, 0.4) is 0 Å². The van der Waals surface area contributed by atoms with Crippen LogP contribution in [0.4, 0.5) is 0 Å². The minimum Gasteiger partial charge on any atom is -0.386 e. The number of ether oxygens (including phenoxy) is 1. The third-order valence-electron chi connectivity index (χ3n) is 1.54. The summed E-state index contributed by atoms with van der Waals surface area (Å²) in [6.07, 6.45) is 0. The van der Waals surface area contributed by atoms with Crippen molar-refractivity contribution >= 4 is 11.9 Å². The van der Waals surface area contributed by atoms with Crippen molar-refractivity contribution in [2.24, 2.45) is 0 Å². The van der Waals surface area contributed by atoms with Gasteiger partial charge >= 0.3 is 11.9 Å². The first-order valence-electron chi connectivity index (χ1n) is 4.08. The number of carbonyl (C=O) groups is 2. The van der Waals surface area contributed by atoms with Gasteiger partial charge in [-0.25, -0.2) is 9.59 Å². The van der Waals surface area contributed by atoms with Crippen LogP contribution < -0.4 is 0 Å². The molecule has 0 aromatic heterocycles. The van der Waals surface area contributed by atoms with E-state index in [0.29, 0.717) is 5.56 Å². The highest BCUT2D eigenvalue weighted by Gasteiger charge is 2.12. The predicted octanol–water partition coefficient (Wildman–Crippen LogP) is 1.95. The molecule has 0 fully saturated rings. The van der Waals surface area contributed by atoms with Crippen LogP contribution in [0.15, 0.2) is 42.5 Å². The van der Waals surface area contributed by atoms with E-state index in [9.17, 15) is 9.59 Å². The highest BCUT2D eigenvalue weighted by atomic mass is 16.6. The molecule has 0 N–H and O–H groups in total. The lowest BCUT2D eigenvalue weighted by Crippen LogP contribution is -2.12. The molecule has 0 bridgehead atoms. The van der Waals surface area contributed by atoms with Gasteiger partial charge in [0.15, 0.2) is 0 Å². The zero-order valence-electron chi connectivity index (χ0n) is 7.82. The summed E-state index contributed by atoms with van der Waals surface area (Å²) in [5.74, 6) is -1.35. The third-order valence-corrected chi connectivity index (χ3v) is 1.54.